The first-order valence-electron chi connectivity index (χ1n) is 8.00. The zero-order valence-corrected chi connectivity index (χ0v) is 12.3. The molecule has 0 bridgehead atoms. The van der Waals surface area contributed by atoms with Gasteiger partial charge in [0.05, 0.1) is 0 Å². The molecule has 2 aliphatic rings. The summed E-state index contributed by atoms with van der Waals surface area (Å²) in [5, 5.41) is 7.40. The summed E-state index contributed by atoms with van der Waals surface area (Å²) in [6.07, 6.45) is 8.21. The summed E-state index contributed by atoms with van der Waals surface area (Å²) < 4.78 is 0. The van der Waals surface area contributed by atoms with Crippen LogP contribution in [-0.4, -0.2) is 49.2 Å². The van der Waals surface area contributed by atoms with Gasteiger partial charge in [0.25, 0.3) is 0 Å². The van der Waals surface area contributed by atoms with Gasteiger partial charge in [-0.1, -0.05) is 13.3 Å². The van der Waals surface area contributed by atoms with Crippen molar-refractivity contribution in [1.82, 2.24) is 15.5 Å². The maximum absolute atomic E-state index is 3.75. The fourth-order valence-corrected chi connectivity index (χ4v) is 3.52. The molecule has 2 aliphatic heterocycles. The van der Waals surface area contributed by atoms with Gasteiger partial charge in [-0.2, -0.15) is 0 Å². The first kappa shape index (κ1) is 14.3. The van der Waals surface area contributed by atoms with Crippen LogP contribution in [0.1, 0.15) is 52.4 Å². The van der Waals surface area contributed by atoms with Crippen molar-refractivity contribution in [1.29, 1.82) is 0 Å². The van der Waals surface area contributed by atoms with Gasteiger partial charge < -0.3 is 10.6 Å². The fraction of sp³-hybridized carbons (Fsp3) is 1.00. The third-order valence-electron chi connectivity index (χ3n) is 4.66. The zero-order valence-electron chi connectivity index (χ0n) is 12.3. The molecular formula is C15H31N3. The molecule has 0 saturated carbocycles. The van der Waals surface area contributed by atoms with Crippen molar-refractivity contribution in [2.24, 2.45) is 0 Å². The zero-order chi connectivity index (χ0) is 12.8. The Bertz CT molecular complexity index is 226. The number of hydrogen-bond donors (Lipinski definition) is 2. The molecule has 3 unspecified atom stereocenters. The van der Waals surface area contributed by atoms with E-state index >= 15 is 0 Å². The second-order valence-electron chi connectivity index (χ2n) is 6.12. The maximum atomic E-state index is 3.75. The van der Waals surface area contributed by atoms with E-state index in [1.54, 1.807) is 0 Å². The van der Waals surface area contributed by atoms with E-state index < -0.39 is 0 Å². The molecule has 3 nitrogen and oxygen atoms in total. The minimum absolute atomic E-state index is 0.653. The van der Waals surface area contributed by atoms with E-state index in [9.17, 15) is 0 Å². The molecule has 0 aromatic carbocycles. The second-order valence-corrected chi connectivity index (χ2v) is 6.12. The van der Waals surface area contributed by atoms with Crippen LogP contribution in [0, 0.1) is 0 Å². The molecule has 18 heavy (non-hydrogen) atoms. The van der Waals surface area contributed by atoms with Crippen LogP contribution in [0.3, 0.4) is 0 Å². The predicted octanol–water partition coefficient (Wildman–Crippen LogP) is 1.98. The fourth-order valence-electron chi connectivity index (χ4n) is 3.52. The first-order valence-corrected chi connectivity index (χ1v) is 8.00. The number of piperidine rings is 1. The number of nitrogens with one attached hydrogen (secondary N) is 2. The molecule has 3 heteroatoms. The molecule has 0 spiro atoms. The third kappa shape index (κ3) is 4.22. The van der Waals surface area contributed by atoms with Crippen molar-refractivity contribution in [3.05, 3.63) is 0 Å². The molecule has 2 N–H and O–H groups in total. The number of hydrogen-bond acceptors (Lipinski definition) is 3. The highest BCUT2D eigenvalue weighted by Gasteiger charge is 2.23. The van der Waals surface area contributed by atoms with Crippen LogP contribution in [0.25, 0.3) is 0 Å². The second kappa shape index (κ2) is 7.46. The van der Waals surface area contributed by atoms with Crippen molar-refractivity contribution in [2.75, 3.05) is 26.2 Å². The molecule has 0 aliphatic carbocycles. The SMILES string of the molecule is CCN1CCCC1CNC(C)CC1CCCCN1. The van der Waals surface area contributed by atoms with E-state index in [2.05, 4.69) is 29.4 Å². The average molecular weight is 253 g/mol. The van der Waals surface area contributed by atoms with Gasteiger partial charge >= 0.3 is 0 Å². The van der Waals surface area contributed by atoms with Gasteiger partial charge in [-0.15, -0.1) is 0 Å². The van der Waals surface area contributed by atoms with Crippen LogP contribution in [0.5, 0.6) is 0 Å². The molecule has 106 valence electrons. The number of likely N-dealkylation sites (N-methyl/N-ethyl adjacent to an activating group) is 1. The summed E-state index contributed by atoms with van der Waals surface area (Å²) in [6, 6.07) is 2.20. The molecule has 0 radical (unpaired) electrons. The summed E-state index contributed by atoms with van der Waals surface area (Å²) in [6.45, 7) is 9.56. The van der Waals surface area contributed by atoms with Crippen molar-refractivity contribution >= 4 is 0 Å². The van der Waals surface area contributed by atoms with Crippen molar-refractivity contribution < 1.29 is 0 Å². The molecule has 0 amide bonds. The van der Waals surface area contributed by atoms with E-state index in [0.29, 0.717) is 6.04 Å². The lowest BCUT2D eigenvalue weighted by atomic mass is 9.98. The number of rotatable bonds is 6. The van der Waals surface area contributed by atoms with E-state index in [1.807, 2.05) is 0 Å². The summed E-state index contributed by atoms with van der Waals surface area (Å²) in [4.78, 5) is 2.62. The Labute approximate surface area is 113 Å². The topological polar surface area (TPSA) is 27.3 Å². The van der Waals surface area contributed by atoms with Gasteiger partial charge in [0.1, 0.15) is 0 Å². The Morgan fingerprint density at radius 1 is 1.28 bits per heavy atom. The lowest BCUT2D eigenvalue weighted by Gasteiger charge is -2.29. The van der Waals surface area contributed by atoms with Crippen LogP contribution >= 0.6 is 0 Å². The van der Waals surface area contributed by atoms with Gasteiger partial charge in [0.2, 0.25) is 0 Å². The molecular weight excluding hydrogens is 222 g/mol. The largest absolute Gasteiger partial charge is 0.314 e. The predicted molar refractivity (Wildman–Crippen MR) is 78.0 cm³/mol. The summed E-state index contributed by atoms with van der Waals surface area (Å²) in [5.41, 5.74) is 0. The van der Waals surface area contributed by atoms with E-state index in [0.717, 1.165) is 12.1 Å². The van der Waals surface area contributed by atoms with Crippen molar-refractivity contribution in [3.63, 3.8) is 0 Å². The van der Waals surface area contributed by atoms with E-state index in [4.69, 9.17) is 0 Å². The Morgan fingerprint density at radius 3 is 2.89 bits per heavy atom. The van der Waals surface area contributed by atoms with Crippen LogP contribution in [0.4, 0.5) is 0 Å². The summed E-state index contributed by atoms with van der Waals surface area (Å²) in [7, 11) is 0. The Morgan fingerprint density at radius 2 is 2.17 bits per heavy atom. The van der Waals surface area contributed by atoms with E-state index in [1.165, 1.54) is 64.7 Å². The summed E-state index contributed by atoms with van der Waals surface area (Å²) >= 11 is 0. The van der Waals surface area contributed by atoms with Crippen LogP contribution in [0.2, 0.25) is 0 Å². The Hall–Kier alpha value is -0.120. The lowest BCUT2D eigenvalue weighted by Crippen LogP contribution is -2.44. The van der Waals surface area contributed by atoms with Crippen LogP contribution in [-0.2, 0) is 0 Å². The molecule has 2 saturated heterocycles. The standard InChI is InChI=1S/C15H31N3/c1-3-18-10-6-8-15(18)12-17-13(2)11-14-7-4-5-9-16-14/h13-17H,3-12H2,1-2H3. The minimum Gasteiger partial charge on any atom is -0.314 e. The summed E-state index contributed by atoms with van der Waals surface area (Å²) in [5.74, 6) is 0. The highest BCUT2D eigenvalue weighted by molar-refractivity contribution is 4.82. The first-order chi connectivity index (χ1) is 8.79. The molecule has 0 aromatic heterocycles. The van der Waals surface area contributed by atoms with Gasteiger partial charge in [-0.3, -0.25) is 4.90 Å². The van der Waals surface area contributed by atoms with E-state index in [-0.39, 0.29) is 0 Å². The minimum atomic E-state index is 0.653. The van der Waals surface area contributed by atoms with Crippen molar-refractivity contribution in [2.45, 2.75) is 70.5 Å². The highest BCUT2D eigenvalue weighted by atomic mass is 15.2. The maximum Gasteiger partial charge on any atom is 0.0221 e. The highest BCUT2D eigenvalue weighted by Crippen LogP contribution is 2.16. The lowest BCUT2D eigenvalue weighted by molar-refractivity contribution is 0.249. The molecule has 2 rings (SSSR count). The Kier molecular flexibility index (Phi) is 5.93. The van der Waals surface area contributed by atoms with Crippen LogP contribution in [0.15, 0.2) is 0 Å². The van der Waals surface area contributed by atoms with Gasteiger partial charge in [0, 0.05) is 24.7 Å². The van der Waals surface area contributed by atoms with Gasteiger partial charge in [-0.05, 0) is 58.7 Å². The molecule has 0 aromatic rings. The van der Waals surface area contributed by atoms with Crippen molar-refractivity contribution in [3.8, 4) is 0 Å². The van der Waals surface area contributed by atoms with Crippen LogP contribution < -0.4 is 10.6 Å². The number of likely N-dealkylation sites (tertiary alicyclic amines) is 1. The molecule has 2 heterocycles. The molecule has 3 atom stereocenters. The normalized spacial score (nSPS) is 31.7. The smallest absolute Gasteiger partial charge is 0.0221 e. The Balaban J connectivity index is 1.63. The monoisotopic (exact) mass is 253 g/mol. The quantitative estimate of drug-likeness (QED) is 0.758. The van der Waals surface area contributed by atoms with Gasteiger partial charge in [-0.25, -0.2) is 0 Å². The van der Waals surface area contributed by atoms with Gasteiger partial charge in [0.15, 0.2) is 0 Å². The third-order valence-corrected chi connectivity index (χ3v) is 4.66. The average Bonchev–Trinajstić information content (AvgIpc) is 2.85. The molecule has 2 fully saturated rings. The number of nitrogens with zero attached hydrogens (tertiary/aromatic N) is 1.